The number of rotatable bonds is 6. The molecule has 1 heterocycles. The fourth-order valence-electron chi connectivity index (χ4n) is 3.60. The largest absolute Gasteiger partial charge is 0.496 e. The van der Waals surface area contributed by atoms with Crippen LogP contribution < -0.4 is 10.1 Å². The van der Waals surface area contributed by atoms with Crippen molar-refractivity contribution in [3.8, 4) is 5.75 Å². The second-order valence-electron chi connectivity index (χ2n) is 8.08. The molecule has 1 aliphatic heterocycles. The monoisotopic (exact) mass is 409 g/mol. The molecular weight excluding hydrogens is 378 g/mol. The number of benzene rings is 2. The molecule has 0 atom stereocenters. The average Bonchev–Trinajstić information content (AvgIpc) is 2.74. The van der Waals surface area contributed by atoms with E-state index in [0.29, 0.717) is 44.2 Å². The lowest BCUT2D eigenvalue weighted by Crippen LogP contribution is -2.50. The van der Waals surface area contributed by atoms with Gasteiger partial charge < -0.3 is 15.0 Å². The number of aryl methyl sites for hydroxylation is 1. The molecule has 1 N–H and O–H groups in total. The first kappa shape index (κ1) is 21.8. The topological polar surface area (TPSA) is 61.9 Å². The van der Waals surface area contributed by atoms with Gasteiger partial charge in [0.1, 0.15) is 5.75 Å². The highest BCUT2D eigenvalue weighted by Crippen LogP contribution is 2.21. The number of hydrogen-bond donors (Lipinski definition) is 1. The van der Waals surface area contributed by atoms with E-state index in [2.05, 4.69) is 24.1 Å². The Morgan fingerprint density at radius 3 is 2.30 bits per heavy atom. The summed E-state index contributed by atoms with van der Waals surface area (Å²) in [5.74, 6) is 1.16. The van der Waals surface area contributed by atoms with Crippen LogP contribution in [0.15, 0.2) is 42.5 Å². The zero-order chi connectivity index (χ0) is 21.7. The van der Waals surface area contributed by atoms with Gasteiger partial charge in [0.05, 0.1) is 13.7 Å². The van der Waals surface area contributed by atoms with Crippen LogP contribution in [0.5, 0.6) is 5.75 Å². The van der Waals surface area contributed by atoms with E-state index < -0.39 is 0 Å². The zero-order valence-electron chi connectivity index (χ0n) is 18.3. The quantitative estimate of drug-likeness (QED) is 0.793. The van der Waals surface area contributed by atoms with Gasteiger partial charge in [0.2, 0.25) is 5.91 Å². The Balaban J connectivity index is 1.49. The van der Waals surface area contributed by atoms with Crippen molar-refractivity contribution in [1.29, 1.82) is 0 Å². The summed E-state index contributed by atoms with van der Waals surface area (Å²) in [5.41, 5.74) is 3.70. The number of hydrogen-bond acceptors (Lipinski definition) is 4. The Bertz CT molecular complexity index is 885. The number of methoxy groups -OCH3 is 1. The Labute approximate surface area is 178 Å². The van der Waals surface area contributed by atoms with Crippen LogP contribution in [0.25, 0.3) is 0 Å². The van der Waals surface area contributed by atoms with Gasteiger partial charge in [0.15, 0.2) is 0 Å². The summed E-state index contributed by atoms with van der Waals surface area (Å²) in [6.45, 7) is 9.13. The van der Waals surface area contributed by atoms with Crippen molar-refractivity contribution >= 4 is 17.5 Å². The maximum atomic E-state index is 12.8. The van der Waals surface area contributed by atoms with Gasteiger partial charge in [0.25, 0.3) is 5.91 Å². The van der Waals surface area contributed by atoms with E-state index in [4.69, 9.17) is 4.74 Å². The van der Waals surface area contributed by atoms with Gasteiger partial charge in [-0.15, -0.1) is 0 Å². The van der Waals surface area contributed by atoms with E-state index in [1.807, 2.05) is 48.2 Å². The van der Waals surface area contributed by atoms with Gasteiger partial charge in [-0.1, -0.05) is 32.0 Å². The molecule has 0 aliphatic carbocycles. The maximum absolute atomic E-state index is 12.8. The van der Waals surface area contributed by atoms with Crippen LogP contribution in [0.1, 0.15) is 41.3 Å². The number of amides is 2. The zero-order valence-corrected chi connectivity index (χ0v) is 18.3. The van der Waals surface area contributed by atoms with Gasteiger partial charge in [0, 0.05) is 37.4 Å². The number of carbonyl (C=O) groups excluding carboxylic acids is 2. The first-order valence-corrected chi connectivity index (χ1v) is 10.4. The molecule has 0 radical (unpaired) electrons. The summed E-state index contributed by atoms with van der Waals surface area (Å²) in [7, 11) is 1.61. The van der Waals surface area contributed by atoms with Gasteiger partial charge in [-0.3, -0.25) is 14.5 Å². The van der Waals surface area contributed by atoms with Gasteiger partial charge >= 0.3 is 0 Å². The summed E-state index contributed by atoms with van der Waals surface area (Å²) in [6.07, 6.45) is 0. The maximum Gasteiger partial charge on any atom is 0.254 e. The molecule has 2 aromatic rings. The number of nitrogens with one attached hydrogen (secondary N) is 1. The summed E-state index contributed by atoms with van der Waals surface area (Å²) >= 11 is 0. The molecule has 6 heteroatoms. The lowest BCUT2D eigenvalue weighted by molar-refractivity contribution is -0.117. The van der Waals surface area contributed by atoms with Crippen LogP contribution in [0.2, 0.25) is 0 Å². The van der Waals surface area contributed by atoms with Crippen molar-refractivity contribution in [3.05, 3.63) is 59.2 Å². The Hall–Kier alpha value is -2.86. The molecule has 1 aliphatic rings. The van der Waals surface area contributed by atoms with E-state index in [1.165, 1.54) is 5.56 Å². The van der Waals surface area contributed by atoms with Crippen LogP contribution >= 0.6 is 0 Å². The van der Waals surface area contributed by atoms with Gasteiger partial charge in [-0.25, -0.2) is 0 Å². The predicted molar refractivity (Wildman–Crippen MR) is 119 cm³/mol. The second-order valence-corrected chi connectivity index (χ2v) is 8.08. The molecule has 2 aromatic carbocycles. The molecule has 6 nitrogen and oxygen atoms in total. The molecular formula is C24H31N3O3. The van der Waals surface area contributed by atoms with Crippen molar-refractivity contribution in [2.24, 2.45) is 0 Å². The van der Waals surface area contributed by atoms with Gasteiger partial charge in [-0.2, -0.15) is 0 Å². The number of ether oxygens (including phenoxy) is 1. The lowest BCUT2D eigenvalue weighted by atomic mass is 10.0. The highest BCUT2D eigenvalue weighted by atomic mass is 16.5. The summed E-state index contributed by atoms with van der Waals surface area (Å²) in [4.78, 5) is 29.1. The minimum atomic E-state index is -0.0321. The Kier molecular flexibility index (Phi) is 7.11. The molecule has 1 fully saturated rings. The third-order valence-corrected chi connectivity index (χ3v) is 5.54. The van der Waals surface area contributed by atoms with Crippen molar-refractivity contribution in [3.63, 3.8) is 0 Å². The fourth-order valence-corrected chi connectivity index (χ4v) is 3.60. The van der Waals surface area contributed by atoms with E-state index in [1.54, 1.807) is 13.2 Å². The highest BCUT2D eigenvalue weighted by molar-refractivity contribution is 5.95. The molecule has 2 amide bonds. The SMILES string of the molecule is COc1cc(C(=O)N2CCN(CC(=O)Nc3ccc(C(C)C)cc3)CC2)ccc1C. The van der Waals surface area contributed by atoms with E-state index >= 15 is 0 Å². The molecule has 0 spiro atoms. The predicted octanol–water partition coefficient (Wildman–Crippen LogP) is 3.52. The first-order valence-electron chi connectivity index (χ1n) is 10.4. The number of piperazine rings is 1. The molecule has 1 saturated heterocycles. The summed E-state index contributed by atoms with van der Waals surface area (Å²) < 4.78 is 5.33. The van der Waals surface area contributed by atoms with Crippen LogP contribution in [-0.2, 0) is 4.79 Å². The van der Waals surface area contributed by atoms with Crippen LogP contribution in [0, 0.1) is 6.92 Å². The minimum absolute atomic E-state index is 0.00245. The lowest BCUT2D eigenvalue weighted by Gasteiger charge is -2.34. The number of carbonyl (C=O) groups is 2. The molecule has 3 rings (SSSR count). The summed E-state index contributed by atoms with van der Waals surface area (Å²) in [6, 6.07) is 13.5. The third kappa shape index (κ3) is 5.39. The normalized spacial score (nSPS) is 14.6. The highest BCUT2D eigenvalue weighted by Gasteiger charge is 2.23. The number of anilines is 1. The average molecular weight is 410 g/mol. The molecule has 30 heavy (non-hydrogen) atoms. The van der Waals surface area contributed by atoms with E-state index in [9.17, 15) is 9.59 Å². The van der Waals surface area contributed by atoms with E-state index in [-0.39, 0.29) is 11.8 Å². The van der Waals surface area contributed by atoms with Crippen molar-refractivity contribution in [1.82, 2.24) is 9.80 Å². The van der Waals surface area contributed by atoms with Crippen LogP contribution in [0.4, 0.5) is 5.69 Å². The molecule has 0 unspecified atom stereocenters. The van der Waals surface area contributed by atoms with Gasteiger partial charge in [-0.05, 0) is 48.2 Å². The first-order chi connectivity index (χ1) is 14.4. The summed E-state index contributed by atoms with van der Waals surface area (Å²) in [5, 5.41) is 2.96. The second kappa shape index (κ2) is 9.76. The Morgan fingerprint density at radius 1 is 1.03 bits per heavy atom. The fraction of sp³-hybridized carbons (Fsp3) is 0.417. The van der Waals surface area contributed by atoms with Crippen molar-refractivity contribution in [2.75, 3.05) is 45.2 Å². The van der Waals surface area contributed by atoms with Crippen LogP contribution in [-0.4, -0.2) is 61.4 Å². The third-order valence-electron chi connectivity index (χ3n) is 5.54. The van der Waals surface area contributed by atoms with E-state index in [0.717, 1.165) is 17.0 Å². The smallest absolute Gasteiger partial charge is 0.254 e. The molecule has 0 bridgehead atoms. The standard InChI is InChI=1S/C24H31N3O3/c1-17(2)19-7-9-21(10-8-19)25-23(28)16-26-11-13-27(14-12-26)24(29)20-6-5-18(3)22(15-20)30-4/h5-10,15,17H,11-14,16H2,1-4H3,(H,25,28). The minimum Gasteiger partial charge on any atom is -0.496 e. The molecule has 0 aromatic heterocycles. The van der Waals surface area contributed by atoms with Crippen molar-refractivity contribution < 1.29 is 14.3 Å². The van der Waals surface area contributed by atoms with Crippen LogP contribution in [0.3, 0.4) is 0 Å². The Morgan fingerprint density at radius 2 is 1.70 bits per heavy atom. The van der Waals surface area contributed by atoms with Crippen molar-refractivity contribution in [2.45, 2.75) is 26.7 Å². The number of nitrogens with zero attached hydrogens (tertiary/aromatic N) is 2. The molecule has 0 saturated carbocycles. The molecule has 160 valence electrons.